The van der Waals surface area contributed by atoms with E-state index in [1.54, 1.807) is 24.0 Å². The fourth-order valence-electron chi connectivity index (χ4n) is 7.66. The van der Waals surface area contributed by atoms with Crippen molar-refractivity contribution in [2.24, 2.45) is 16.7 Å². The van der Waals surface area contributed by atoms with Crippen molar-refractivity contribution in [2.45, 2.75) is 76.9 Å². The number of aliphatic carboxylic acids is 1. The molecule has 3 aliphatic heterocycles. The van der Waals surface area contributed by atoms with E-state index in [0.29, 0.717) is 62.5 Å². The predicted molar refractivity (Wildman–Crippen MR) is 156 cm³/mol. The van der Waals surface area contributed by atoms with Gasteiger partial charge in [-0.3, -0.25) is 14.4 Å². The summed E-state index contributed by atoms with van der Waals surface area (Å²) in [5, 5.41) is 10.7. The van der Waals surface area contributed by atoms with E-state index in [1.165, 1.54) is 10.6 Å². The first-order valence-corrected chi connectivity index (χ1v) is 17.3. The third-order valence-corrected chi connectivity index (χ3v) is 12.1. The maximum Gasteiger partial charge on any atom is 0.310 e. The summed E-state index contributed by atoms with van der Waals surface area (Å²) in [6, 6.07) is 3.00. The van der Waals surface area contributed by atoms with Gasteiger partial charge in [0, 0.05) is 43.2 Å². The van der Waals surface area contributed by atoms with Crippen LogP contribution in [0.3, 0.4) is 0 Å². The van der Waals surface area contributed by atoms with Gasteiger partial charge in [0.05, 0.1) is 30.2 Å². The van der Waals surface area contributed by atoms with Gasteiger partial charge in [0.15, 0.2) is 0 Å². The first kappa shape index (κ1) is 29.7. The van der Waals surface area contributed by atoms with E-state index in [9.17, 15) is 27.9 Å². The van der Waals surface area contributed by atoms with Crippen LogP contribution in [0.5, 0.6) is 5.75 Å². The molecule has 1 aromatic rings. The summed E-state index contributed by atoms with van der Waals surface area (Å²) in [5.74, 6) is -1.21. The number of hydrogen-bond acceptors (Lipinski definition) is 6. The molecule has 0 aromatic heterocycles. The van der Waals surface area contributed by atoms with Gasteiger partial charge in [0.1, 0.15) is 11.9 Å². The lowest BCUT2D eigenvalue weighted by atomic mass is 9.66. The lowest BCUT2D eigenvalue weighted by Crippen LogP contribution is -2.52. The number of ether oxygens (including phenoxy) is 1. The molecular weight excluding hydrogens is 582 g/mol. The molecule has 5 aliphatic rings. The van der Waals surface area contributed by atoms with E-state index >= 15 is 0 Å². The van der Waals surface area contributed by atoms with Crippen molar-refractivity contribution in [3.05, 3.63) is 28.3 Å². The number of fused-ring (bicyclic) bond motifs is 1. The van der Waals surface area contributed by atoms with Gasteiger partial charge in [-0.2, -0.15) is 4.31 Å². The second-order valence-corrected chi connectivity index (χ2v) is 15.7. The number of amides is 2. The number of benzene rings is 1. The smallest absolute Gasteiger partial charge is 0.310 e. The Balaban J connectivity index is 1.37. The number of hydrogen-bond donors (Lipinski definition) is 1. The van der Waals surface area contributed by atoms with E-state index in [2.05, 4.69) is 0 Å². The van der Waals surface area contributed by atoms with E-state index in [1.807, 2.05) is 4.90 Å². The summed E-state index contributed by atoms with van der Waals surface area (Å²) >= 11 is 6.74. The molecule has 6 rings (SSSR count). The highest BCUT2D eigenvalue weighted by atomic mass is 35.5. The SMILES string of the molecule is C[C@]1(C(=O)O)CCCC[C@H]1C(=O)N1CCc2c(Cl)ccc(O[C@H]3CCN(S(C)(=O)=O)C3)c2[C@H]1CN1CC2(CC2)CC1=O. The van der Waals surface area contributed by atoms with Crippen LogP contribution in [0, 0.1) is 16.7 Å². The molecule has 230 valence electrons. The second-order valence-electron chi connectivity index (χ2n) is 13.4. The number of sulfonamides is 1. The molecule has 2 saturated carbocycles. The summed E-state index contributed by atoms with van der Waals surface area (Å²) in [6.45, 7) is 3.59. The number of likely N-dealkylation sites (tertiary alicyclic amines) is 1. The summed E-state index contributed by atoms with van der Waals surface area (Å²) in [5.41, 5.74) is 0.492. The van der Waals surface area contributed by atoms with Crippen molar-refractivity contribution in [2.75, 3.05) is 39.0 Å². The van der Waals surface area contributed by atoms with E-state index in [4.69, 9.17) is 16.3 Å². The number of carbonyl (C=O) groups is 3. The molecule has 1 aromatic carbocycles. The van der Waals surface area contributed by atoms with Crippen LogP contribution in [0.15, 0.2) is 12.1 Å². The molecule has 2 saturated heterocycles. The zero-order valence-corrected chi connectivity index (χ0v) is 25.9. The van der Waals surface area contributed by atoms with E-state index in [0.717, 1.165) is 36.8 Å². The number of nitrogens with zero attached hydrogens (tertiary/aromatic N) is 3. The number of carbonyl (C=O) groups excluding carboxylic acids is 2. The lowest BCUT2D eigenvalue weighted by molar-refractivity contribution is -0.162. The Hall–Kier alpha value is -2.37. The van der Waals surface area contributed by atoms with Gasteiger partial charge in [-0.25, -0.2) is 8.42 Å². The minimum atomic E-state index is -3.35. The Labute approximate surface area is 252 Å². The van der Waals surface area contributed by atoms with Crippen LogP contribution in [0.4, 0.5) is 0 Å². The van der Waals surface area contributed by atoms with Gasteiger partial charge < -0.3 is 19.6 Å². The molecule has 4 atom stereocenters. The summed E-state index contributed by atoms with van der Waals surface area (Å²) in [4.78, 5) is 43.6. The molecule has 0 unspecified atom stereocenters. The molecule has 2 aliphatic carbocycles. The van der Waals surface area contributed by atoms with Gasteiger partial charge in [-0.05, 0) is 68.6 Å². The molecule has 3 heterocycles. The zero-order chi connectivity index (χ0) is 30.0. The van der Waals surface area contributed by atoms with Crippen LogP contribution in [0.1, 0.15) is 75.5 Å². The minimum Gasteiger partial charge on any atom is -0.489 e. The fourth-order valence-corrected chi connectivity index (χ4v) is 8.80. The largest absolute Gasteiger partial charge is 0.489 e. The number of rotatable bonds is 7. The zero-order valence-electron chi connectivity index (χ0n) is 24.3. The van der Waals surface area contributed by atoms with Gasteiger partial charge in [0.2, 0.25) is 21.8 Å². The molecule has 12 heteroatoms. The maximum absolute atomic E-state index is 14.4. The highest BCUT2D eigenvalue weighted by Crippen LogP contribution is 2.54. The van der Waals surface area contributed by atoms with Crippen molar-refractivity contribution in [1.82, 2.24) is 14.1 Å². The predicted octanol–water partition coefficient (Wildman–Crippen LogP) is 3.47. The number of carboxylic acids is 1. The highest BCUT2D eigenvalue weighted by molar-refractivity contribution is 7.88. The average molecular weight is 622 g/mol. The lowest BCUT2D eigenvalue weighted by Gasteiger charge is -2.45. The van der Waals surface area contributed by atoms with Crippen LogP contribution < -0.4 is 4.74 Å². The normalized spacial score (nSPS) is 30.9. The Morgan fingerprint density at radius 2 is 1.90 bits per heavy atom. The van der Waals surface area contributed by atoms with Crippen LogP contribution in [-0.2, 0) is 30.8 Å². The summed E-state index contributed by atoms with van der Waals surface area (Å²) in [6.07, 6.45) is 6.90. The van der Waals surface area contributed by atoms with Gasteiger partial charge in [-0.15, -0.1) is 0 Å². The number of carboxylic acid groups (broad SMARTS) is 1. The minimum absolute atomic E-state index is 0.0429. The van der Waals surface area contributed by atoms with E-state index in [-0.39, 0.29) is 36.4 Å². The Bertz CT molecular complexity index is 1410. The van der Waals surface area contributed by atoms with Crippen LogP contribution in [-0.4, -0.2) is 90.5 Å². The number of halogens is 1. The molecule has 1 N–H and O–H groups in total. The standard InChI is InChI=1S/C30H40ClN3O7S/c1-29(28(37)38)10-4-3-5-21(29)27(36)34-14-9-20-22(31)6-7-24(41-19-8-13-33(16-19)42(2,39)40)26(20)23(34)17-32-18-30(11-12-30)15-25(32)35/h6-7,19,21,23H,3-5,8-18H2,1-2H3,(H,37,38)/t19-,21-,23+,29-/m0/s1. The van der Waals surface area contributed by atoms with Crippen LogP contribution in [0.2, 0.25) is 5.02 Å². The fraction of sp³-hybridized carbons (Fsp3) is 0.700. The van der Waals surface area contributed by atoms with Crippen molar-refractivity contribution >= 4 is 39.4 Å². The quantitative estimate of drug-likeness (QED) is 0.494. The monoisotopic (exact) mass is 621 g/mol. The Morgan fingerprint density at radius 3 is 2.55 bits per heavy atom. The third-order valence-electron chi connectivity index (χ3n) is 10.5. The van der Waals surface area contributed by atoms with Crippen LogP contribution >= 0.6 is 11.6 Å². The van der Waals surface area contributed by atoms with E-state index < -0.39 is 33.4 Å². The van der Waals surface area contributed by atoms with Crippen LogP contribution in [0.25, 0.3) is 0 Å². The second kappa shape index (κ2) is 10.7. The Kier molecular flexibility index (Phi) is 7.54. The highest BCUT2D eigenvalue weighted by Gasteiger charge is 2.54. The average Bonchev–Trinajstić information content (AvgIpc) is 3.36. The molecular formula is C30H40ClN3O7S. The molecule has 2 amide bonds. The Morgan fingerprint density at radius 1 is 1.14 bits per heavy atom. The maximum atomic E-state index is 14.4. The van der Waals surface area contributed by atoms with Gasteiger partial charge >= 0.3 is 5.97 Å². The van der Waals surface area contributed by atoms with Crippen molar-refractivity contribution in [3.63, 3.8) is 0 Å². The van der Waals surface area contributed by atoms with Crippen molar-refractivity contribution in [1.29, 1.82) is 0 Å². The third kappa shape index (κ3) is 5.30. The van der Waals surface area contributed by atoms with Gasteiger partial charge in [-0.1, -0.05) is 24.4 Å². The molecule has 42 heavy (non-hydrogen) atoms. The van der Waals surface area contributed by atoms with Crippen molar-refractivity contribution < 1.29 is 32.6 Å². The first-order chi connectivity index (χ1) is 19.8. The molecule has 0 radical (unpaired) electrons. The molecule has 0 bridgehead atoms. The molecule has 10 nitrogen and oxygen atoms in total. The van der Waals surface area contributed by atoms with Crippen molar-refractivity contribution in [3.8, 4) is 5.75 Å². The molecule has 1 spiro atoms. The topological polar surface area (TPSA) is 125 Å². The summed E-state index contributed by atoms with van der Waals surface area (Å²) < 4.78 is 32.2. The molecule has 4 fully saturated rings. The first-order valence-electron chi connectivity index (χ1n) is 15.1. The summed E-state index contributed by atoms with van der Waals surface area (Å²) in [7, 11) is -3.35. The van der Waals surface area contributed by atoms with Gasteiger partial charge in [0.25, 0.3) is 0 Å².